The lowest BCUT2D eigenvalue weighted by molar-refractivity contribution is -0.121. The third-order valence-corrected chi connectivity index (χ3v) is 5.41. The number of benzene rings is 1. The second-order valence-corrected chi connectivity index (χ2v) is 7.22. The summed E-state index contributed by atoms with van der Waals surface area (Å²) < 4.78 is 0. The maximum atomic E-state index is 12.5. The molecule has 2 aliphatic rings. The van der Waals surface area contributed by atoms with Crippen molar-refractivity contribution in [3.8, 4) is 0 Å². The molecular weight excluding hydrogens is 344 g/mol. The molecule has 1 aliphatic carbocycles. The molecule has 0 unspecified atom stereocenters. The highest BCUT2D eigenvalue weighted by molar-refractivity contribution is 5.92. The van der Waals surface area contributed by atoms with Gasteiger partial charge in [0.2, 0.25) is 11.9 Å². The molecule has 1 saturated heterocycles. The van der Waals surface area contributed by atoms with E-state index in [1.54, 1.807) is 4.90 Å². The third-order valence-electron chi connectivity index (χ3n) is 5.41. The van der Waals surface area contributed by atoms with Crippen LogP contribution in [-0.2, 0) is 4.79 Å². The molecule has 0 radical (unpaired) electrons. The van der Waals surface area contributed by atoms with Crippen molar-refractivity contribution in [3.05, 3.63) is 36.2 Å². The number of likely N-dealkylation sites (tertiary alicyclic amines) is 1. The van der Waals surface area contributed by atoms with Crippen molar-refractivity contribution in [3.63, 3.8) is 0 Å². The molecule has 0 atom stereocenters. The van der Waals surface area contributed by atoms with Crippen LogP contribution in [0.4, 0.5) is 16.4 Å². The number of rotatable bonds is 4. The zero-order valence-electron chi connectivity index (χ0n) is 15.1. The summed E-state index contributed by atoms with van der Waals surface area (Å²) >= 11 is 0. The van der Waals surface area contributed by atoms with Crippen molar-refractivity contribution in [2.24, 2.45) is 5.92 Å². The van der Waals surface area contributed by atoms with Crippen LogP contribution in [0.25, 0.3) is 0 Å². The summed E-state index contributed by atoms with van der Waals surface area (Å²) in [6.45, 7) is 1.11. The first kappa shape index (κ1) is 17.5. The first-order chi connectivity index (χ1) is 13.2. The number of carbonyl (C=O) groups is 2. The van der Waals surface area contributed by atoms with Gasteiger partial charge in [-0.1, -0.05) is 24.6 Å². The zero-order valence-corrected chi connectivity index (χ0v) is 15.1. The largest absolute Gasteiger partial charge is 0.324 e. The molecule has 0 bridgehead atoms. The Morgan fingerprint density at radius 2 is 1.78 bits per heavy atom. The molecule has 2 heterocycles. The fraction of sp³-hybridized carbons (Fsp3) is 0.474. The minimum absolute atomic E-state index is 0.0720. The Labute approximate surface area is 157 Å². The lowest BCUT2D eigenvalue weighted by Gasteiger charge is -2.31. The van der Waals surface area contributed by atoms with Crippen LogP contribution in [0.3, 0.4) is 0 Å². The number of aromatic amines is 1. The summed E-state index contributed by atoms with van der Waals surface area (Å²) in [6.07, 6.45) is 4.75. The molecule has 2 fully saturated rings. The molecule has 1 aromatic carbocycles. The van der Waals surface area contributed by atoms with E-state index >= 15 is 0 Å². The van der Waals surface area contributed by atoms with E-state index in [0.29, 0.717) is 37.8 Å². The third kappa shape index (κ3) is 4.10. The van der Waals surface area contributed by atoms with Crippen LogP contribution in [0, 0.1) is 5.92 Å². The Morgan fingerprint density at radius 1 is 1.04 bits per heavy atom. The van der Waals surface area contributed by atoms with E-state index in [1.807, 2.05) is 30.3 Å². The number of hydrogen-bond acceptors (Lipinski definition) is 4. The van der Waals surface area contributed by atoms with E-state index in [-0.39, 0.29) is 17.9 Å². The predicted octanol–water partition coefficient (Wildman–Crippen LogP) is 2.95. The van der Waals surface area contributed by atoms with Crippen LogP contribution in [0.1, 0.15) is 43.8 Å². The van der Waals surface area contributed by atoms with Gasteiger partial charge in [-0.05, 0) is 37.8 Å². The van der Waals surface area contributed by atoms with E-state index in [2.05, 4.69) is 25.8 Å². The first-order valence-electron chi connectivity index (χ1n) is 9.53. The van der Waals surface area contributed by atoms with Crippen molar-refractivity contribution < 1.29 is 9.59 Å². The van der Waals surface area contributed by atoms with Crippen LogP contribution >= 0.6 is 0 Å². The van der Waals surface area contributed by atoms with Crippen molar-refractivity contribution in [2.45, 2.75) is 38.0 Å². The van der Waals surface area contributed by atoms with Gasteiger partial charge in [-0.25, -0.2) is 4.79 Å². The molecule has 1 aliphatic heterocycles. The molecule has 4 rings (SSSR count). The van der Waals surface area contributed by atoms with Crippen molar-refractivity contribution >= 4 is 23.6 Å². The molecule has 1 saturated carbocycles. The second-order valence-electron chi connectivity index (χ2n) is 7.22. The van der Waals surface area contributed by atoms with Gasteiger partial charge < -0.3 is 10.2 Å². The van der Waals surface area contributed by atoms with Crippen LogP contribution in [0.2, 0.25) is 0 Å². The molecular formula is C19H24N6O2. The average molecular weight is 368 g/mol. The quantitative estimate of drug-likeness (QED) is 0.772. The Balaban J connectivity index is 1.25. The standard InChI is InChI=1S/C19H24N6O2/c26-17(22-18-21-16(23-24-18)13-5-4-6-13)14-9-11-25(12-10-14)19(27)20-15-7-2-1-3-8-15/h1-3,7-8,13-14H,4-6,9-12H2,(H,20,27)(H2,21,22,23,24,26). The van der Waals surface area contributed by atoms with E-state index in [4.69, 9.17) is 0 Å². The monoisotopic (exact) mass is 368 g/mol. The summed E-state index contributed by atoms with van der Waals surface area (Å²) in [5, 5.41) is 12.7. The molecule has 8 heteroatoms. The number of amides is 3. The number of nitrogens with zero attached hydrogens (tertiary/aromatic N) is 3. The fourth-order valence-corrected chi connectivity index (χ4v) is 3.48. The molecule has 2 aromatic rings. The maximum absolute atomic E-state index is 12.5. The molecule has 0 spiro atoms. The highest BCUT2D eigenvalue weighted by Gasteiger charge is 2.29. The van der Waals surface area contributed by atoms with Crippen LogP contribution in [0.15, 0.2) is 30.3 Å². The number of nitrogens with one attached hydrogen (secondary N) is 3. The number of anilines is 2. The van der Waals surface area contributed by atoms with E-state index in [1.165, 1.54) is 6.42 Å². The van der Waals surface area contributed by atoms with Crippen molar-refractivity contribution in [1.82, 2.24) is 20.1 Å². The predicted molar refractivity (Wildman–Crippen MR) is 101 cm³/mol. The van der Waals surface area contributed by atoms with Gasteiger partial charge >= 0.3 is 6.03 Å². The average Bonchev–Trinajstić information content (AvgIpc) is 3.09. The van der Waals surface area contributed by atoms with Crippen LogP contribution in [0.5, 0.6) is 0 Å². The Bertz CT molecular complexity index is 794. The molecule has 8 nitrogen and oxygen atoms in total. The maximum Gasteiger partial charge on any atom is 0.321 e. The van der Waals surface area contributed by atoms with Crippen molar-refractivity contribution in [2.75, 3.05) is 23.7 Å². The topological polar surface area (TPSA) is 103 Å². The van der Waals surface area contributed by atoms with Crippen LogP contribution in [-0.4, -0.2) is 45.1 Å². The summed E-state index contributed by atoms with van der Waals surface area (Å²) in [6, 6.07) is 9.25. The molecule has 142 valence electrons. The smallest absolute Gasteiger partial charge is 0.321 e. The van der Waals surface area contributed by atoms with E-state index in [9.17, 15) is 9.59 Å². The van der Waals surface area contributed by atoms with Gasteiger partial charge in [0.15, 0.2) is 0 Å². The minimum Gasteiger partial charge on any atom is -0.324 e. The van der Waals surface area contributed by atoms with Crippen molar-refractivity contribution in [1.29, 1.82) is 0 Å². The summed E-state index contributed by atoms with van der Waals surface area (Å²) in [5.74, 6) is 1.47. The van der Waals surface area contributed by atoms with Gasteiger partial charge in [0, 0.05) is 30.6 Å². The highest BCUT2D eigenvalue weighted by atomic mass is 16.2. The highest BCUT2D eigenvalue weighted by Crippen LogP contribution is 2.34. The lowest BCUT2D eigenvalue weighted by Crippen LogP contribution is -2.43. The molecule has 1 aromatic heterocycles. The normalized spacial score (nSPS) is 18.0. The van der Waals surface area contributed by atoms with Gasteiger partial charge in [-0.3, -0.25) is 15.2 Å². The van der Waals surface area contributed by atoms with Gasteiger partial charge in [-0.15, -0.1) is 5.10 Å². The number of aromatic nitrogens is 3. The summed E-state index contributed by atoms with van der Waals surface area (Å²) in [7, 11) is 0. The van der Waals surface area contributed by atoms with Gasteiger partial charge in [-0.2, -0.15) is 4.98 Å². The summed E-state index contributed by atoms with van der Waals surface area (Å²) in [4.78, 5) is 30.9. The number of urea groups is 1. The summed E-state index contributed by atoms with van der Waals surface area (Å²) in [5.41, 5.74) is 0.772. The Kier molecular flexibility index (Phi) is 5.04. The molecule has 27 heavy (non-hydrogen) atoms. The lowest BCUT2D eigenvalue weighted by atomic mass is 9.85. The minimum atomic E-state index is -0.128. The van der Waals surface area contributed by atoms with Gasteiger partial charge in [0.25, 0.3) is 0 Å². The number of piperidine rings is 1. The Hall–Kier alpha value is -2.90. The first-order valence-corrected chi connectivity index (χ1v) is 9.53. The van der Waals surface area contributed by atoms with Crippen LogP contribution < -0.4 is 10.6 Å². The van der Waals surface area contributed by atoms with E-state index < -0.39 is 0 Å². The zero-order chi connectivity index (χ0) is 18.6. The number of para-hydroxylation sites is 1. The SMILES string of the molecule is O=C(Nc1n[nH]c(C2CCC2)n1)C1CCN(C(=O)Nc2ccccc2)CC1. The number of hydrogen-bond donors (Lipinski definition) is 3. The van der Waals surface area contributed by atoms with Gasteiger partial charge in [0.05, 0.1) is 0 Å². The Morgan fingerprint density at radius 3 is 2.44 bits per heavy atom. The number of H-pyrrole nitrogens is 1. The van der Waals surface area contributed by atoms with E-state index in [0.717, 1.165) is 24.4 Å². The molecule has 3 N–H and O–H groups in total. The molecule has 3 amide bonds. The second kappa shape index (κ2) is 7.77. The number of carbonyl (C=O) groups excluding carboxylic acids is 2. The fourth-order valence-electron chi connectivity index (χ4n) is 3.48. The van der Waals surface area contributed by atoms with Gasteiger partial charge in [0.1, 0.15) is 5.82 Å².